The Bertz CT molecular complexity index is 245. The molecule has 9 heavy (non-hydrogen) atoms. The molecule has 0 aliphatic carbocycles. The molecule has 46 valence electrons. The molecule has 0 unspecified atom stereocenters. The standard InChI is InChI=1S/C7H5BrO/c8-7-3-6-2-1-5(7)4-9-6/h1-3H,4H2. The summed E-state index contributed by atoms with van der Waals surface area (Å²) >= 11 is 3.42. The van der Waals surface area contributed by atoms with Crippen molar-refractivity contribution in [2.24, 2.45) is 0 Å². The Hall–Kier alpha value is -0.500. The van der Waals surface area contributed by atoms with E-state index in [0.29, 0.717) is 0 Å². The maximum absolute atomic E-state index is 5.23. The van der Waals surface area contributed by atoms with Crippen molar-refractivity contribution < 1.29 is 4.74 Å². The van der Waals surface area contributed by atoms with Gasteiger partial charge in [0, 0.05) is 10.0 Å². The number of ether oxygens (including phenoxy) is 1. The van der Waals surface area contributed by atoms with Crippen molar-refractivity contribution in [3.63, 3.8) is 0 Å². The van der Waals surface area contributed by atoms with E-state index in [0.717, 1.165) is 16.8 Å². The number of fused-ring (bicyclic) bond motifs is 3. The highest BCUT2D eigenvalue weighted by molar-refractivity contribution is 9.10. The topological polar surface area (TPSA) is 9.23 Å². The van der Waals surface area contributed by atoms with Gasteiger partial charge >= 0.3 is 0 Å². The Morgan fingerprint density at radius 1 is 1.44 bits per heavy atom. The average molecular weight is 185 g/mol. The molecular formula is C7H5BrO. The molecule has 2 heteroatoms. The fourth-order valence-electron chi connectivity index (χ4n) is 0.896. The number of halogens is 1. The molecule has 1 nitrogen and oxygen atoms in total. The van der Waals surface area contributed by atoms with Crippen LogP contribution in [-0.4, -0.2) is 0 Å². The van der Waals surface area contributed by atoms with Gasteiger partial charge in [-0.3, -0.25) is 0 Å². The first-order chi connectivity index (χ1) is 4.36. The molecular weight excluding hydrogens is 180 g/mol. The van der Waals surface area contributed by atoms with E-state index in [4.69, 9.17) is 4.74 Å². The third-order valence-corrected chi connectivity index (χ3v) is 2.16. The zero-order valence-electron chi connectivity index (χ0n) is 4.73. The molecule has 0 spiro atoms. The van der Waals surface area contributed by atoms with Gasteiger partial charge in [-0.25, -0.2) is 0 Å². The van der Waals surface area contributed by atoms with E-state index in [-0.39, 0.29) is 0 Å². The summed E-state index contributed by atoms with van der Waals surface area (Å²) in [6, 6.07) is 6.03. The van der Waals surface area contributed by atoms with E-state index in [1.165, 1.54) is 5.56 Å². The third kappa shape index (κ3) is 0.741. The largest absolute Gasteiger partial charge is 0.489 e. The first-order valence-electron chi connectivity index (χ1n) is 2.77. The Kier molecular flexibility index (Phi) is 1.02. The second-order valence-electron chi connectivity index (χ2n) is 2.04. The number of benzene rings is 1. The normalized spacial score (nSPS) is 13.4. The fraction of sp³-hybridized carbons (Fsp3) is 0.143. The van der Waals surface area contributed by atoms with Gasteiger partial charge in [-0.2, -0.15) is 0 Å². The molecule has 0 aromatic heterocycles. The minimum Gasteiger partial charge on any atom is -0.489 e. The van der Waals surface area contributed by atoms with Crippen LogP contribution in [0.25, 0.3) is 0 Å². The summed E-state index contributed by atoms with van der Waals surface area (Å²) in [6.45, 7) is 0.725. The third-order valence-electron chi connectivity index (χ3n) is 1.42. The molecule has 0 saturated carbocycles. The zero-order chi connectivity index (χ0) is 6.27. The van der Waals surface area contributed by atoms with Crippen molar-refractivity contribution in [3.8, 4) is 5.75 Å². The molecule has 2 heterocycles. The van der Waals surface area contributed by atoms with Crippen LogP contribution in [0.5, 0.6) is 5.75 Å². The average Bonchev–Trinajstić information content (AvgIpc) is 1.90. The van der Waals surface area contributed by atoms with E-state index in [1.807, 2.05) is 12.1 Å². The molecule has 2 bridgehead atoms. The smallest absolute Gasteiger partial charge is 0.120 e. The van der Waals surface area contributed by atoms with Gasteiger partial charge in [0.15, 0.2) is 0 Å². The quantitative estimate of drug-likeness (QED) is 0.602. The maximum atomic E-state index is 5.23. The summed E-state index contributed by atoms with van der Waals surface area (Å²) in [5, 5.41) is 0. The van der Waals surface area contributed by atoms with Crippen molar-refractivity contribution in [1.29, 1.82) is 0 Å². The van der Waals surface area contributed by atoms with E-state index in [2.05, 4.69) is 22.0 Å². The second kappa shape index (κ2) is 1.74. The molecule has 1 aromatic rings. The molecule has 3 rings (SSSR count). The van der Waals surface area contributed by atoms with Gasteiger partial charge in [0.05, 0.1) is 0 Å². The summed E-state index contributed by atoms with van der Waals surface area (Å²) < 4.78 is 6.39. The molecule has 0 amide bonds. The van der Waals surface area contributed by atoms with E-state index < -0.39 is 0 Å². The van der Waals surface area contributed by atoms with Crippen LogP contribution in [0, 0.1) is 0 Å². The first kappa shape index (κ1) is 5.30. The minimum absolute atomic E-state index is 0.725. The van der Waals surface area contributed by atoms with Gasteiger partial charge in [0.1, 0.15) is 12.4 Å². The lowest BCUT2D eigenvalue weighted by atomic mass is 10.2. The highest BCUT2D eigenvalue weighted by Crippen LogP contribution is 2.28. The zero-order valence-corrected chi connectivity index (χ0v) is 6.31. The van der Waals surface area contributed by atoms with Crippen LogP contribution in [-0.2, 0) is 6.61 Å². The Morgan fingerprint density at radius 2 is 2.33 bits per heavy atom. The lowest BCUT2D eigenvalue weighted by Gasteiger charge is -2.14. The first-order valence-corrected chi connectivity index (χ1v) is 3.57. The monoisotopic (exact) mass is 184 g/mol. The van der Waals surface area contributed by atoms with Crippen LogP contribution in [0.2, 0.25) is 0 Å². The van der Waals surface area contributed by atoms with Gasteiger partial charge in [-0.1, -0.05) is 22.0 Å². The van der Waals surface area contributed by atoms with Crippen molar-refractivity contribution >= 4 is 15.9 Å². The van der Waals surface area contributed by atoms with Crippen molar-refractivity contribution in [2.45, 2.75) is 6.61 Å². The Labute approximate surface area is 61.8 Å². The van der Waals surface area contributed by atoms with Crippen LogP contribution in [0.3, 0.4) is 0 Å². The van der Waals surface area contributed by atoms with Crippen LogP contribution in [0.15, 0.2) is 22.7 Å². The molecule has 2 aliphatic rings. The summed E-state index contributed by atoms with van der Waals surface area (Å²) in [7, 11) is 0. The summed E-state index contributed by atoms with van der Waals surface area (Å²) in [5.74, 6) is 0.955. The highest BCUT2D eigenvalue weighted by Gasteiger charge is 2.08. The molecule has 0 radical (unpaired) electrons. The van der Waals surface area contributed by atoms with Crippen LogP contribution < -0.4 is 4.74 Å². The molecule has 0 N–H and O–H groups in total. The van der Waals surface area contributed by atoms with Crippen molar-refractivity contribution in [3.05, 3.63) is 28.2 Å². The fourth-order valence-corrected chi connectivity index (χ4v) is 1.37. The van der Waals surface area contributed by atoms with Gasteiger partial charge in [0.25, 0.3) is 0 Å². The van der Waals surface area contributed by atoms with Gasteiger partial charge < -0.3 is 4.74 Å². The Morgan fingerprint density at radius 3 is 2.56 bits per heavy atom. The predicted molar refractivity (Wildman–Crippen MR) is 38.5 cm³/mol. The predicted octanol–water partition coefficient (Wildman–Crippen LogP) is 2.34. The second-order valence-corrected chi connectivity index (χ2v) is 2.90. The minimum atomic E-state index is 0.725. The SMILES string of the molecule is Brc1cc2ccc1CO2. The maximum Gasteiger partial charge on any atom is 0.120 e. The van der Waals surface area contributed by atoms with Crippen molar-refractivity contribution in [2.75, 3.05) is 0 Å². The summed E-state index contributed by atoms with van der Waals surface area (Å²) in [6.07, 6.45) is 0. The molecule has 0 saturated heterocycles. The summed E-state index contributed by atoms with van der Waals surface area (Å²) in [5.41, 5.74) is 1.23. The van der Waals surface area contributed by atoms with E-state index in [1.54, 1.807) is 0 Å². The van der Waals surface area contributed by atoms with E-state index >= 15 is 0 Å². The van der Waals surface area contributed by atoms with Gasteiger partial charge in [-0.05, 0) is 12.1 Å². The molecule has 0 atom stereocenters. The molecule has 2 aliphatic heterocycles. The lowest BCUT2D eigenvalue weighted by molar-refractivity contribution is 0.293. The lowest BCUT2D eigenvalue weighted by Crippen LogP contribution is -2.02. The summed E-state index contributed by atoms with van der Waals surface area (Å²) in [4.78, 5) is 0. The van der Waals surface area contributed by atoms with Crippen molar-refractivity contribution in [1.82, 2.24) is 0 Å². The number of rotatable bonds is 0. The van der Waals surface area contributed by atoms with Gasteiger partial charge in [-0.15, -0.1) is 0 Å². The number of hydrogen-bond acceptors (Lipinski definition) is 1. The van der Waals surface area contributed by atoms with E-state index in [9.17, 15) is 0 Å². The molecule has 0 fully saturated rings. The van der Waals surface area contributed by atoms with Gasteiger partial charge in [0.2, 0.25) is 0 Å². The highest BCUT2D eigenvalue weighted by atomic mass is 79.9. The van der Waals surface area contributed by atoms with Crippen LogP contribution in [0.4, 0.5) is 0 Å². The molecule has 1 aromatic carbocycles. The Balaban J connectivity index is 2.70. The van der Waals surface area contributed by atoms with Crippen LogP contribution in [0.1, 0.15) is 5.56 Å². The van der Waals surface area contributed by atoms with Crippen LogP contribution >= 0.6 is 15.9 Å². The number of hydrogen-bond donors (Lipinski definition) is 0.